The van der Waals surface area contributed by atoms with Gasteiger partial charge in [0, 0.05) is 12.4 Å². The average molecular weight is 182 g/mol. The Morgan fingerprint density at radius 3 is 2.62 bits per heavy atom. The van der Waals surface area contributed by atoms with Crippen LogP contribution in [0.15, 0.2) is 18.7 Å². The molecule has 5 heteroatoms. The minimum atomic E-state index is -0.868. The van der Waals surface area contributed by atoms with E-state index >= 15 is 0 Å². The zero-order valence-electron chi connectivity index (χ0n) is 7.43. The predicted octanol–water partition coefficient (Wildman–Crippen LogP) is 0.475. The van der Waals surface area contributed by atoms with Gasteiger partial charge in [-0.15, -0.1) is 0 Å². The molecule has 0 radical (unpaired) electrons. The highest BCUT2D eigenvalue weighted by molar-refractivity contribution is 6.33. The van der Waals surface area contributed by atoms with Crippen molar-refractivity contribution in [2.75, 3.05) is 0 Å². The van der Waals surface area contributed by atoms with Crippen LogP contribution in [0.1, 0.15) is 18.6 Å². The Hall–Kier alpha value is -1.65. The molecule has 0 spiro atoms. The summed E-state index contributed by atoms with van der Waals surface area (Å²) in [5, 5.41) is 0. The van der Waals surface area contributed by atoms with Crippen LogP contribution in [-0.4, -0.2) is 27.5 Å². The summed E-state index contributed by atoms with van der Waals surface area (Å²) in [6.07, 6.45) is 3.77. The molecule has 0 saturated carbocycles. The van der Waals surface area contributed by atoms with Gasteiger partial charge in [0.05, 0.1) is 6.10 Å². The molecule has 0 atom stereocenters. The smallest absolute Gasteiger partial charge is 0.398 e. The van der Waals surface area contributed by atoms with E-state index in [9.17, 15) is 9.59 Å². The molecule has 0 unspecified atom stereocenters. The summed E-state index contributed by atoms with van der Waals surface area (Å²) in [7, 11) is 0. The third-order valence-electron chi connectivity index (χ3n) is 1.26. The maximum absolute atomic E-state index is 11.2. The lowest BCUT2D eigenvalue weighted by atomic mass is 10.5. The standard InChI is InChI=1S/C8H10N2O3/c1-6(2)13-8(12)7(11)10-4-3-9-5-10/h3-6H,1-2H3. The molecule has 1 heterocycles. The third kappa shape index (κ3) is 2.40. The van der Waals surface area contributed by atoms with Crippen LogP contribution in [0, 0.1) is 0 Å². The molecule has 0 fully saturated rings. The highest BCUT2D eigenvalue weighted by atomic mass is 16.5. The van der Waals surface area contributed by atoms with E-state index in [1.54, 1.807) is 13.8 Å². The second-order valence-electron chi connectivity index (χ2n) is 2.73. The van der Waals surface area contributed by atoms with Crippen molar-refractivity contribution >= 4 is 11.9 Å². The Morgan fingerprint density at radius 2 is 2.15 bits per heavy atom. The Bertz CT molecular complexity index is 303. The van der Waals surface area contributed by atoms with Gasteiger partial charge in [0.1, 0.15) is 6.33 Å². The summed E-state index contributed by atoms with van der Waals surface area (Å²) in [6.45, 7) is 3.36. The average Bonchev–Trinajstić information content (AvgIpc) is 2.53. The molecule has 5 nitrogen and oxygen atoms in total. The van der Waals surface area contributed by atoms with E-state index in [1.165, 1.54) is 18.7 Å². The second-order valence-corrected chi connectivity index (χ2v) is 2.73. The number of rotatable bonds is 1. The first-order valence-corrected chi connectivity index (χ1v) is 3.84. The Kier molecular flexibility index (Phi) is 2.79. The van der Waals surface area contributed by atoms with Crippen LogP contribution in [0.3, 0.4) is 0 Å². The van der Waals surface area contributed by atoms with Gasteiger partial charge in [-0.05, 0) is 13.8 Å². The monoisotopic (exact) mass is 182 g/mol. The van der Waals surface area contributed by atoms with Crippen molar-refractivity contribution in [3.63, 3.8) is 0 Å². The molecule has 0 aliphatic rings. The van der Waals surface area contributed by atoms with E-state index in [-0.39, 0.29) is 6.10 Å². The summed E-state index contributed by atoms with van der Waals surface area (Å²) in [6, 6.07) is 0. The largest absolute Gasteiger partial charge is 0.456 e. The van der Waals surface area contributed by atoms with Gasteiger partial charge in [0.2, 0.25) is 0 Å². The molecule has 70 valence electrons. The molecule has 0 amide bonds. The summed E-state index contributed by atoms with van der Waals surface area (Å²) in [4.78, 5) is 25.9. The number of esters is 1. The van der Waals surface area contributed by atoms with Gasteiger partial charge in [0.15, 0.2) is 0 Å². The summed E-state index contributed by atoms with van der Waals surface area (Å²) in [5.41, 5.74) is 0. The minimum Gasteiger partial charge on any atom is -0.456 e. The molecule has 1 aromatic rings. The number of nitrogens with zero attached hydrogens (tertiary/aromatic N) is 2. The molecular formula is C8H10N2O3. The second kappa shape index (κ2) is 3.84. The van der Waals surface area contributed by atoms with Crippen LogP contribution in [-0.2, 0) is 9.53 Å². The van der Waals surface area contributed by atoms with Crippen molar-refractivity contribution in [1.82, 2.24) is 9.55 Å². The van der Waals surface area contributed by atoms with E-state index in [1.807, 2.05) is 0 Å². The fraction of sp³-hybridized carbons (Fsp3) is 0.375. The van der Waals surface area contributed by atoms with Crippen LogP contribution in [0.4, 0.5) is 0 Å². The van der Waals surface area contributed by atoms with Crippen molar-refractivity contribution in [3.05, 3.63) is 18.7 Å². The van der Waals surface area contributed by atoms with Gasteiger partial charge in [-0.3, -0.25) is 9.36 Å². The fourth-order valence-corrected chi connectivity index (χ4v) is 0.749. The number of hydrogen-bond acceptors (Lipinski definition) is 4. The lowest BCUT2D eigenvalue weighted by Crippen LogP contribution is -2.25. The number of carbonyl (C=O) groups excluding carboxylic acids is 2. The molecule has 1 aromatic heterocycles. The van der Waals surface area contributed by atoms with Crippen LogP contribution < -0.4 is 0 Å². The van der Waals surface area contributed by atoms with E-state index < -0.39 is 11.9 Å². The number of ether oxygens (including phenoxy) is 1. The predicted molar refractivity (Wildman–Crippen MR) is 44.1 cm³/mol. The van der Waals surface area contributed by atoms with E-state index in [0.29, 0.717) is 0 Å². The normalized spacial score (nSPS) is 10.1. The van der Waals surface area contributed by atoms with Gasteiger partial charge < -0.3 is 4.74 Å². The minimum absolute atomic E-state index is 0.292. The summed E-state index contributed by atoms with van der Waals surface area (Å²) in [5.74, 6) is -1.60. The molecule has 0 bridgehead atoms. The fourth-order valence-electron chi connectivity index (χ4n) is 0.749. The zero-order chi connectivity index (χ0) is 9.84. The molecule has 13 heavy (non-hydrogen) atoms. The van der Waals surface area contributed by atoms with Crippen LogP contribution in [0.5, 0.6) is 0 Å². The van der Waals surface area contributed by atoms with Gasteiger partial charge in [-0.2, -0.15) is 0 Å². The number of carbonyl (C=O) groups is 2. The number of hydrogen-bond donors (Lipinski definition) is 0. The Balaban J connectivity index is 2.64. The lowest BCUT2D eigenvalue weighted by Gasteiger charge is -2.06. The first kappa shape index (κ1) is 9.44. The van der Waals surface area contributed by atoms with Crippen molar-refractivity contribution in [3.8, 4) is 0 Å². The van der Waals surface area contributed by atoms with Crippen LogP contribution >= 0.6 is 0 Å². The summed E-state index contributed by atoms with van der Waals surface area (Å²) < 4.78 is 5.77. The van der Waals surface area contributed by atoms with Crippen molar-refractivity contribution < 1.29 is 14.3 Å². The van der Waals surface area contributed by atoms with Crippen molar-refractivity contribution in [1.29, 1.82) is 0 Å². The number of aromatic nitrogens is 2. The molecule has 1 rings (SSSR count). The quantitative estimate of drug-likeness (QED) is 0.468. The first-order valence-electron chi connectivity index (χ1n) is 3.84. The maximum Gasteiger partial charge on any atom is 0.398 e. The Labute approximate surface area is 75.3 Å². The third-order valence-corrected chi connectivity index (χ3v) is 1.26. The molecule has 0 aliphatic heterocycles. The SMILES string of the molecule is CC(C)OC(=O)C(=O)n1ccnc1. The first-order chi connectivity index (χ1) is 6.11. The van der Waals surface area contributed by atoms with Gasteiger partial charge >= 0.3 is 11.9 Å². The Morgan fingerprint density at radius 1 is 1.46 bits per heavy atom. The van der Waals surface area contributed by atoms with Crippen molar-refractivity contribution in [2.45, 2.75) is 20.0 Å². The maximum atomic E-state index is 11.2. The molecule has 0 N–H and O–H groups in total. The highest BCUT2D eigenvalue weighted by Gasteiger charge is 2.17. The molecular weight excluding hydrogens is 172 g/mol. The van der Waals surface area contributed by atoms with Crippen LogP contribution in [0.2, 0.25) is 0 Å². The topological polar surface area (TPSA) is 61.2 Å². The zero-order valence-corrected chi connectivity index (χ0v) is 7.43. The van der Waals surface area contributed by atoms with Gasteiger partial charge in [-0.1, -0.05) is 0 Å². The van der Waals surface area contributed by atoms with Crippen molar-refractivity contribution in [2.24, 2.45) is 0 Å². The molecule has 0 aromatic carbocycles. The molecule has 0 saturated heterocycles. The van der Waals surface area contributed by atoms with E-state index in [2.05, 4.69) is 4.98 Å². The molecule has 0 aliphatic carbocycles. The van der Waals surface area contributed by atoms with Crippen LogP contribution in [0.25, 0.3) is 0 Å². The van der Waals surface area contributed by atoms with Gasteiger partial charge in [0.25, 0.3) is 0 Å². The van der Waals surface area contributed by atoms with E-state index in [4.69, 9.17) is 4.74 Å². The lowest BCUT2D eigenvalue weighted by molar-refractivity contribution is -0.142. The highest BCUT2D eigenvalue weighted by Crippen LogP contribution is 1.93. The van der Waals surface area contributed by atoms with Gasteiger partial charge in [-0.25, -0.2) is 9.78 Å². The number of imidazole rings is 1. The van der Waals surface area contributed by atoms with E-state index in [0.717, 1.165) is 4.57 Å². The summed E-state index contributed by atoms with van der Waals surface area (Å²) >= 11 is 0.